The van der Waals surface area contributed by atoms with Gasteiger partial charge in [-0.3, -0.25) is 14.9 Å². The zero-order valence-electron chi connectivity index (χ0n) is 13.6. The molecule has 7 heteroatoms. The zero-order valence-corrected chi connectivity index (χ0v) is 14.4. The van der Waals surface area contributed by atoms with E-state index in [2.05, 4.69) is 11.4 Å². The Labute approximate surface area is 149 Å². The van der Waals surface area contributed by atoms with E-state index >= 15 is 0 Å². The molecule has 2 aromatic rings. The fourth-order valence-corrected chi connectivity index (χ4v) is 3.14. The number of benzene rings is 2. The standard InChI is InChI=1S/C18H17ClN2O4/c1-11(8-12-2-5-17-13(9-12)6-7-25-17)20-18(22)15-4-3-14(21(23)24)10-16(15)19/h2-5,9-11H,6-8H2,1H3,(H,20,22). The van der Waals surface area contributed by atoms with E-state index in [1.807, 2.05) is 19.1 Å². The van der Waals surface area contributed by atoms with Crippen LogP contribution in [0.5, 0.6) is 5.75 Å². The van der Waals surface area contributed by atoms with Gasteiger partial charge in [-0.25, -0.2) is 0 Å². The lowest BCUT2D eigenvalue weighted by Crippen LogP contribution is -2.34. The van der Waals surface area contributed by atoms with Gasteiger partial charge in [0.15, 0.2) is 0 Å². The first kappa shape index (κ1) is 17.2. The Morgan fingerprint density at radius 2 is 2.16 bits per heavy atom. The van der Waals surface area contributed by atoms with Gasteiger partial charge in [0.05, 0.1) is 22.1 Å². The highest BCUT2D eigenvalue weighted by Crippen LogP contribution is 2.26. The largest absolute Gasteiger partial charge is 0.493 e. The van der Waals surface area contributed by atoms with Crippen molar-refractivity contribution in [3.05, 3.63) is 68.2 Å². The minimum absolute atomic E-state index is 0.0635. The van der Waals surface area contributed by atoms with Crippen molar-refractivity contribution in [2.45, 2.75) is 25.8 Å². The third-order valence-corrected chi connectivity index (χ3v) is 4.39. The molecule has 0 spiro atoms. The van der Waals surface area contributed by atoms with Gasteiger partial charge in [-0.05, 0) is 36.6 Å². The summed E-state index contributed by atoms with van der Waals surface area (Å²) in [5.74, 6) is 0.579. The quantitative estimate of drug-likeness (QED) is 0.653. The maximum atomic E-state index is 12.3. The summed E-state index contributed by atoms with van der Waals surface area (Å²) in [4.78, 5) is 22.5. The number of amides is 1. The fraction of sp³-hybridized carbons (Fsp3) is 0.278. The topological polar surface area (TPSA) is 81.5 Å². The number of rotatable bonds is 5. The number of nitro benzene ring substituents is 1. The minimum Gasteiger partial charge on any atom is -0.493 e. The normalized spacial score (nSPS) is 13.7. The van der Waals surface area contributed by atoms with Crippen molar-refractivity contribution in [1.29, 1.82) is 0 Å². The summed E-state index contributed by atoms with van der Waals surface area (Å²) in [6.45, 7) is 2.62. The molecule has 1 aliphatic heterocycles. The molecule has 6 nitrogen and oxygen atoms in total. The van der Waals surface area contributed by atoms with E-state index in [1.165, 1.54) is 23.8 Å². The first-order valence-corrected chi connectivity index (χ1v) is 8.31. The third kappa shape index (κ3) is 3.91. The number of non-ortho nitro benzene ring substituents is 1. The van der Waals surface area contributed by atoms with Gasteiger partial charge < -0.3 is 10.1 Å². The molecule has 1 heterocycles. The Morgan fingerprint density at radius 1 is 1.36 bits per heavy atom. The maximum absolute atomic E-state index is 12.3. The summed E-state index contributed by atoms with van der Waals surface area (Å²) in [6, 6.07) is 9.76. The summed E-state index contributed by atoms with van der Waals surface area (Å²) in [5, 5.41) is 13.7. The van der Waals surface area contributed by atoms with Gasteiger partial charge >= 0.3 is 0 Å². The fourth-order valence-electron chi connectivity index (χ4n) is 2.87. The molecule has 0 radical (unpaired) electrons. The number of nitrogens with zero attached hydrogens (tertiary/aromatic N) is 1. The van der Waals surface area contributed by atoms with Crippen LogP contribution in [0.3, 0.4) is 0 Å². The lowest BCUT2D eigenvalue weighted by Gasteiger charge is -2.15. The van der Waals surface area contributed by atoms with Gasteiger partial charge in [0, 0.05) is 24.6 Å². The average Bonchev–Trinajstić information content (AvgIpc) is 3.01. The molecule has 0 bridgehead atoms. The monoisotopic (exact) mass is 360 g/mol. The Kier molecular flexibility index (Phi) is 4.90. The number of hydrogen-bond acceptors (Lipinski definition) is 4. The highest BCUT2D eigenvalue weighted by atomic mass is 35.5. The van der Waals surface area contributed by atoms with Crippen LogP contribution in [0.4, 0.5) is 5.69 Å². The van der Waals surface area contributed by atoms with Crippen LogP contribution < -0.4 is 10.1 Å². The van der Waals surface area contributed by atoms with E-state index in [0.717, 1.165) is 17.7 Å². The molecule has 25 heavy (non-hydrogen) atoms. The van der Waals surface area contributed by atoms with Gasteiger partial charge in [-0.2, -0.15) is 0 Å². The number of nitro groups is 1. The molecule has 0 fully saturated rings. The van der Waals surface area contributed by atoms with Crippen molar-refractivity contribution in [1.82, 2.24) is 5.32 Å². The van der Waals surface area contributed by atoms with Crippen LogP contribution in [-0.2, 0) is 12.8 Å². The molecule has 0 aromatic heterocycles. The Balaban J connectivity index is 1.65. The van der Waals surface area contributed by atoms with E-state index in [4.69, 9.17) is 16.3 Å². The number of ether oxygens (including phenoxy) is 1. The van der Waals surface area contributed by atoms with Crippen molar-refractivity contribution in [2.75, 3.05) is 6.61 Å². The van der Waals surface area contributed by atoms with Crippen molar-refractivity contribution in [2.24, 2.45) is 0 Å². The second-order valence-electron chi connectivity index (χ2n) is 6.04. The van der Waals surface area contributed by atoms with Crippen molar-refractivity contribution in [3.63, 3.8) is 0 Å². The average molecular weight is 361 g/mol. The molecule has 1 aliphatic rings. The van der Waals surface area contributed by atoms with Gasteiger partial charge in [0.1, 0.15) is 5.75 Å². The summed E-state index contributed by atoms with van der Waals surface area (Å²) in [5.41, 5.74) is 2.39. The van der Waals surface area contributed by atoms with E-state index in [-0.39, 0.29) is 28.2 Å². The van der Waals surface area contributed by atoms with Gasteiger partial charge in [0.25, 0.3) is 11.6 Å². The summed E-state index contributed by atoms with van der Waals surface area (Å²) < 4.78 is 5.49. The van der Waals surface area contributed by atoms with Crippen LogP contribution in [-0.4, -0.2) is 23.5 Å². The predicted molar refractivity (Wildman–Crippen MR) is 94.4 cm³/mol. The van der Waals surface area contributed by atoms with Crippen LogP contribution in [0.2, 0.25) is 5.02 Å². The lowest BCUT2D eigenvalue weighted by molar-refractivity contribution is -0.384. The van der Waals surface area contributed by atoms with Crippen molar-refractivity contribution in [3.8, 4) is 5.75 Å². The second kappa shape index (κ2) is 7.11. The predicted octanol–water partition coefficient (Wildman–Crippen LogP) is 3.54. The molecular formula is C18H17ClN2O4. The van der Waals surface area contributed by atoms with Crippen LogP contribution in [0.15, 0.2) is 36.4 Å². The molecule has 1 atom stereocenters. The number of halogens is 1. The summed E-state index contributed by atoms with van der Waals surface area (Å²) in [6.07, 6.45) is 1.58. The SMILES string of the molecule is CC(Cc1ccc2c(c1)CCO2)NC(=O)c1ccc([N+](=O)[O-])cc1Cl. The summed E-state index contributed by atoms with van der Waals surface area (Å²) >= 11 is 6.00. The molecule has 0 saturated heterocycles. The first-order chi connectivity index (χ1) is 11.9. The van der Waals surface area contributed by atoms with Crippen molar-refractivity contribution < 1.29 is 14.5 Å². The Hall–Kier alpha value is -2.60. The van der Waals surface area contributed by atoms with Crippen molar-refractivity contribution >= 4 is 23.2 Å². The van der Waals surface area contributed by atoms with Gasteiger partial charge in [0.2, 0.25) is 0 Å². The molecule has 0 aliphatic carbocycles. The highest BCUT2D eigenvalue weighted by Gasteiger charge is 2.18. The third-order valence-electron chi connectivity index (χ3n) is 4.08. The highest BCUT2D eigenvalue weighted by molar-refractivity contribution is 6.34. The molecule has 0 saturated carbocycles. The molecule has 130 valence electrons. The molecule has 1 N–H and O–H groups in total. The molecule has 1 unspecified atom stereocenters. The smallest absolute Gasteiger partial charge is 0.270 e. The number of fused-ring (bicyclic) bond motifs is 1. The van der Waals surface area contributed by atoms with E-state index < -0.39 is 4.92 Å². The van der Waals surface area contributed by atoms with Crippen LogP contribution in [0, 0.1) is 10.1 Å². The zero-order chi connectivity index (χ0) is 18.0. The number of hydrogen-bond donors (Lipinski definition) is 1. The Bertz CT molecular complexity index is 838. The molecule has 2 aromatic carbocycles. The van der Waals surface area contributed by atoms with Gasteiger partial charge in [-0.1, -0.05) is 23.7 Å². The van der Waals surface area contributed by atoms with Crippen LogP contribution >= 0.6 is 11.6 Å². The Morgan fingerprint density at radius 3 is 2.88 bits per heavy atom. The maximum Gasteiger partial charge on any atom is 0.270 e. The number of carbonyl (C=O) groups is 1. The second-order valence-corrected chi connectivity index (χ2v) is 6.45. The number of carbonyl (C=O) groups excluding carboxylic acids is 1. The van der Waals surface area contributed by atoms with Crippen LogP contribution in [0.25, 0.3) is 0 Å². The number of nitrogens with one attached hydrogen (secondary N) is 1. The first-order valence-electron chi connectivity index (χ1n) is 7.93. The van der Waals surface area contributed by atoms with E-state index in [9.17, 15) is 14.9 Å². The molecule has 1 amide bonds. The van der Waals surface area contributed by atoms with E-state index in [1.54, 1.807) is 0 Å². The summed E-state index contributed by atoms with van der Waals surface area (Å²) in [7, 11) is 0. The molecular weight excluding hydrogens is 344 g/mol. The minimum atomic E-state index is -0.548. The van der Waals surface area contributed by atoms with Crippen LogP contribution in [0.1, 0.15) is 28.4 Å². The lowest BCUT2D eigenvalue weighted by atomic mass is 10.0. The molecule has 3 rings (SSSR count). The van der Waals surface area contributed by atoms with Gasteiger partial charge in [-0.15, -0.1) is 0 Å². The van der Waals surface area contributed by atoms with E-state index in [0.29, 0.717) is 13.0 Å².